The van der Waals surface area contributed by atoms with E-state index in [2.05, 4.69) is 0 Å². The SMILES string of the molecule is CN(C1CCCCCC1)S(=O)(=O)c1ccc(S(C)(=O)=O)cc1. The molecule has 0 heterocycles. The summed E-state index contributed by atoms with van der Waals surface area (Å²) in [5, 5.41) is 0. The standard InChI is InChI=1S/C15H23NO4S2/c1-16(13-7-5-3-4-6-8-13)22(19,20)15-11-9-14(10-12-15)21(2,17)18/h9-13H,3-8H2,1-2H3. The summed E-state index contributed by atoms with van der Waals surface area (Å²) in [4.78, 5) is 0.273. The van der Waals surface area contributed by atoms with Gasteiger partial charge >= 0.3 is 0 Å². The van der Waals surface area contributed by atoms with E-state index in [1.54, 1.807) is 7.05 Å². The maximum atomic E-state index is 12.7. The lowest BCUT2D eigenvalue weighted by Crippen LogP contribution is -2.36. The van der Waals surface area contributed by atoms with Gasteiger partial charge in [0.1, 0.15) is 0 Å². The third-order valence-corrected chi connectivity index (χ3v) is 7.32. The summed E-state index contributed by atoms with van der Waals surface area (Å²) in [5.41, 5.74) is 0. The number of sulfonamides is 1. The molecular weight excluding hydrogens is 322 g/mol. The van der Waals surface area contributed by atoms with Crippen molar-refractivity contribution < 1.29 is 16.8 Å². The minimum Gasteiger partial charge on any atom is -0.224 e. The lowest BCUT2D eigenvalue weighted by molar-refractivity contribution is 0.335. The van der Waals surface area contributed by atoms with Crippen LogP contribution in [-0.2, 0) is 19.9 Å². The van der Waals surface area contributed by atoms with Gasteiger partial charge in [0, 0.05) is 19.3 Å². The van der Waals surface area contributed by atoms with E-state index in [1.807, 2.05) is 0 Å². The Kier molecular flexibility index (Phi) is 5.29. The first-order valence-electron chi connectivity index (χ1n) is 7.51. The predicted molar refractivity (Wildman–Crippen MR) is 86.0 cm³/mol. The van der Waals surface area contributed by atoms with E-state index in [0.717, 1.165) is 44.8 Å². The Morgan fingerprint density at radius 1 is 0.864 bits per heavy atom. The molecule has 0 radical (unpaired) electrons. The Bertz CT molecular complexity index is 700. The van der Waals surface area contributed by atoms with Gasteiger partial charge in [-0.15, -0.1) is 0 Å². The maximum absolute atomic E-state index is 12.7. The van der Waals surface area contributed by atoms with Crippen molar-refractivity contribution >= 4 is 19.9 Å². The number of benzene rings is 1. The van der Waals surface area contributed by atoms with Crippen LogP contribution in [0.15, 0.2) is 34.1 Å². The van der Waals surface area contributed by atoms with Crippen LogP contribution in [0.1, 0.15) is 38.5 Å². The summed E-state index contributed by atoms with van der Waals surface area (Å²) in [6, 6.07) is 5.48. The summed E-state index contributed by atoms with van der Waals surface area (Å²) >= 11 is 0. The van der Waals surface area contributed by atoms with Gasteiger partial charge < -0.3 is 0 Å². The first-order valence-corrected chi connectivity index (χ1v) is 10.8. The number of nitrogens with zero attached hydrogens (tertiary/aromatic N) is 1. The highest BCUT2D eigenvalue weighted by Crippen LogP contribution is 2.26. The van der Waals surface area contributed by atoms with Crippen LogP contribution in [-0.4, -0.2) is 40.5 Å². The summed E-state index contributed by atoms with van der Waals surface area (Å²) in [7, 11) is -5.28. The van der Waals surface area contributed by atoms with Crippen LogP contribution in [0.25, 0.3) is 0 Å². The molecular formula is C15H23NO4S2. The minimum atomic E-state index is -3.58. The molecule has 0 unspecified atom stereocenters. The van der Waals surface area contributed by atoms with E-state index < -0.39 is 19.9 Å². The fourth-order valence-corrected chi connectivity index (χ4v) is 4.89. The molecule has 0 atom stereocenters. The van der Waals surface area contributed by atoms with Gasteiger partial charge in [-0.3, -0.25) is 0 Å². The molecule has 1 aromatic rings. The zero-order valence-corrected chi connectivity index (χ0v) is 14.7. The number of sulfone groups is 1. The number of rotatable bonds is 4. The number of hydrogen-bond acceptors (Lipinski definition) is 4. The average Bonchev–Trinajstić information content (AvgIpc) is 2.74. The summed E-state index contributed by atoms with van der Waals surface area (Å²) < 4.78 is 49.7. The van der Waals surface area contributed by atoms with E-state index in [0.29, 0.717) is 0 Å². The van der Waals surface area contributed by atoms with Crippen LogP contribution in [0, 0.1) is 0 Å². The van der Waals surface area contributed by atoms with Crippen molar-refractivity contribution in [3.8, 4) is 0 Å². The molecule has 0 amide bonds. The van der Waals surface area contributed by atoms with E-state index in [4.69, 9.17) is 0 Å². The summed E-state index contributed by atoms with van der Waals surface area (Å²) in [6.07, 6.45) is 7.30. The Labute approximate surface area is 133 Å². The zero-order chi connectivity index (χ0) is 16.4. The Balaban J connectivity index is 2.25. The largest absolute Gasteiger partial charge is 0.243 e. The second-order valence-electron chi connectivity index (χ2n) is 5.91. The van der Waals surface area contributed by atoms with E-state index in [9.17, 15) is 16.8 Å². The lowest BCUT2D eigenvalue weighted by atomic mass is 10.1. The van der Waals surface area contributed by atoms with E-state index in [-0.39, 0.29) is 15.8 Å². The summed E-state index contributed by atoms with van der Waals surface area (Å²) in [5.74, 6) is 0. The van der Waals surface area contributed by atoms with Crippen LogP contribution >= 0.6 is 0 Å². The fraction of sp³-hybridized carbons (Fsp3) is 0.600. The molecule has 0 N–H and O–H groups in total. The van der Waals surface area contributed by atoms with Gasteiger partial charge in [0.15, 0.2) is 9.84 Å². The summed E-state index contributed by atoms with van der Waals surface area (Å²) in [6.45, 7) is 0. The van der Waals surface area contributed by atoms with Crippen molar-refractivity contribution in [3.05, 3.63) is 24.3 Å². The first kappa shape index (κ1) is 17.4. The topological polar surface area (TPSA) is 71.5 Å². The number of hydrogen-bond donors (Lipinski definition) is 0. The molecule has 0 spiro atoms. The fourth-order valence-electron chi connectivity index (χ4n) is 2.84. The van der Waals surface area contributed by atoms with Crippen molar-refractivity contribution in [1.29, 1.82) is 0 Å². The van der Waals surface area contributed by atoms with Crippen molar-refractivity contribution in [3.63, 3.8) is 0 Å². The smallest absolute Gasteiger partial charge is 0.224 e. The highest BCUT2D eigenvalue weighted by Gasteiger charge is 2.28. The van der Waals surface area contributed by atoms with Gasteiger partial charge in [-0.25, -0.2) is 16.8 Å². The lowest BCUT2D eigenvalue weighted by Gasteiger charge is -2.26. The molecule has 1 aliphatic rings. The van der Waals surface area contributed by atoms with Crippen molar-refractivity contribution in [2.75, 3.05) is 13.3 Å². The van der Waals surface area contributed by atoms with Crippen molar-refractivity contribution in [1.82, 2.24) is 4.31 Å². The Morgan fingerprint density at radius 2 is 1.32 bits per heavy atom. The molecule has 1 fully saturated rings. The van der Waals surface area contributed by atoms with Gasteiger partial charge in [0.2, 0.25) is 10.0 Å². The molecule has 124 valence electrons. The van der Waals surface area contributed by atoms with Crippen LogP contribution in [0.2, 0.25) is 0 Å². The van der Waals surface area contributed by atoms with Gasteiger partial charge in [0.05, 0.1) is 9.79 Å². The van der Waals surface area contributed by atoms with Crippen molar-refractivity contribution in [2.24, 2.45) is 0 Å². The second-order valence-corrected chi connectivity index (χ2v) is 9.92. The molecule has 0 aliphatic heterocycles. The Morgan fingerprint density at radius 3 is 1.77 bits per heavy atom. The molecule has 1 saturated carbocycles. The Hall–Kier alpha value is -0.920. The molecule has 5 nitrogen and oxygen atoms in total. The van der Waals surface area contributed by atoms with Crippen LogP contribution in [0.5, 0.6) is 0 Å². The zero-order valence-electron chi connectivity index (χ0n) is 13.0. The molecule has 2 rings (SSSR count). The van der Waals surface area contributed by atoms with Crippen molar-refractivity contribution in [2.45, 2.75) is 54.4 Å². The van der Waals surface area contributed by atoms with Gasteiger partial charge in [-0.1, -0.05) is 25.7 Å². The quantitative estimate of drug-likeness (QED) is 0.786. The van der Waals surface area contributed by atoms with E-state index >= 15 is 0 Å². The van der Waals surface area contributed by atoms with Gasteiger partial charge in [-0.2, -0.15) is 4.31 Å². The molecule has 1 aliphatic carbocycles. The molecule has 0 bridgehead atoms. The highest BCUT2D eigenvalue weighted by atomic mass is 32.2. The molecule has 1 aromatic carbocycles. The highest BCUT2D eigenvalue weighted by molar-refractivity contribution is 7.90. The molecule has 0 aromatic heterocycles. The second kappa shape index (κ2) is 6.68. The predicted octanol–water partition coefficient (Wildman–Crippen LogP) is 2.43. The third kappa shape index (κ3) is 3.88. The van der Waals surface area contributed by atoms with Crippen LogP contribution in [0.4, 0.5) is 0 Å². The maximum Gasteiger partial charge on any atom is 0.243 e. The van der Waals surface area contributed by atoms with E-state index in [1.165, 1.54) is 28.6 Å². The van der Waals surface area contributed by atoms with Crippen LogP contribution in [0.3, 0.4) is 0 Å². The third-order valence-electron chi connectivity index (χ3n) is 4.27. The first-order chi connectivity index (χ1) is 10.2. The molecule has 0 saturated heterocycles. The minimum absolute atomic E-state index is 0.0297. The van der Waals surface area contributed by atoms with Gasteiger partial charge in [-0.05, 0) is 37.1 Å². The average molecular weight is 345 g/mol. The molecule has 22 heavy (non-hydrogen) atoms. The normalized spacial score (nSPS) is 18.3. The molecule has 7 heteroatoms. The van der Waals surface area contributed by atoms with Gasteiger partial charge in [0.25, 0.3) is 0 Å². The monoisotopic (exact) mass is 345 g/mol. The van der Waals surface area contributed by atoms with Crippen LogP contribution < -0.4 is 0 Å².